The lowest BCUT2D eigenvalue weighted by Crippen LogP contribution is -2.55. The summed E-state index contributed by atoms with van der Waals surface area (Å²) in [7, 11) is 0. The van der Waals surface area contributed by atoms with Gasteiger partial charge in [0.05, 0.1) is 25.8 Å². The number of nitrogens with one attached hydrogen (secondary N) is 1. The molecule has 1 amide bonds. The van der Waals surface area contributed by atoms with Gasteiger partial charge in [0.2, 0.25) is 5.91 Å². The molecule has 0 spiro atoms. The van der Waals surface area contributed by atoms with Crippen LogP contribution in [0.2, 0.25) is 0 Å². The highest BCUT2D eigenvalue weighted by atomic mass is 32.1. The molecule has 2 aliphatic rings. The summed E-state index contributed by atoms with van der Waals surface area (Å²) in [6, 6.07) is 4.52. The molecule has 0 aromatic carbocycles. The molecule has 0 radical (unpaired) electrons. The van der Waals surface area contributed by atoms with Crippen LogP contribution in [-0.4, -0.2) is 42.6 Å². The fourth-order valence-electron chi connectivity index (χ4n) is 3.21. The van der Waals surface area contributed by atoms with Crippen molar-refractivity contribution in [2.45, 2.75) is 44.4 Å². The van der Waals surface area contributed by atoms with Gasteiger partial charge in [0.15, 0.2) is 0 Å². The van der Waals surface area contributed by atoms with Crippen molar-refractivity contribution < 1.29 is 9.53 Å². The number of hydrogen-bond acceptors (Lipinski definition) is 4. The zero-order valence-electron chi connectivity index (χ0n) is 11.7. The number of carbonyl (C=O) groups excluding carboxylic acids is 1. The number of carbonyl (C=O) groups is 1. The lowest BCUT2D eigenvalue weighted by atomic mass is 9.90. The fraction of sp³-hybridized carbons (Fsp3) is 0.667. The molecule has 2 fully saturated rings. The Kier molecular flexibility index (Phi) is 4.70. The second-order valence-electron chi connectivity index (χ2n) is 5.59. The minimum atomic E-state index is 0.129. The summed E-state index contributed by atoms with van der Waals surface area (Å²) in [5.41, 5.74) is 0. The molecule has 1 N–H and O–H groups in total. The van der Waals surface area contributed by atoms with E-state index in [1.807, 2.05) is 11.4 Å². The van der Waals surface area contributed by atoms with Gasteiger partial charge in [-0.05, 0) is 24.3 Å². The highest BCUT2D eigenvalue weighted by molar-refractivity contribution is 7.09. The number of morpholine rings is 1. The second kappa shape index (κ2) is 6.70. The van der Waals surface area contributed by atoms with Gasteiger partial charge in [-0.15, -0.1) is 11.3 Å². The third kappa shape index (κ3) is 3.40. The van der Waals surface area contributed by atoms with Crippen molar-refractivity contribution in [2.24, 2.45) is 0 Å². The van der Waals surface area contributed by atoms with E-state index >= 15 is 0 Å². The summed E-state index contributed by atoms with van der Waals surface area (Å²) in [4.78, 5) is 15.6. The van der Waals surface area contributed by atoms with Gasteiger partial charge in [-0.3, -0.25) is 9.69 Å². The van der Waals surface area contributed by atoms with Crippen molar-refractivity contribution in [3.63, 3.8) is 0 Å². The SMILES string of the molecule is O=C(CN1CCO[C@@H]2CCCC[C@H]21)NCc1cccs1. The first-order valence-electron chi connectivity index (χ1n) is 7.47. The molecule has 2 atom stereocenters. The molecule has 1 saturated carbocycles. The van der Waals surface area contributed by atoms with Crippen LogP contribution in [0.25, 0.3) is 0 Å². The van der Waals surface area contributed by atoms with Gasteiger partial charge in [0.1, 0.15) is 0 Å². The Hall–Kier alpha value is -0.910. The third-order valence-electron chi connectivity index (χ3n) is 4.23. The average Bonchev–Trinajstić information content (AvgIpc) is 2.99. The van der Waals surface area contributed by atoms with E-state index in [0.717, 1.165) is 19.6 Å². The van der Waals surface area contributed by atoms with E-state index in [-0.39, 0.29) is 5.91 Å². The van der Waals surface area contributed by atoms with E-state index in [0.29, 0.717) is 25.2 Å². The van der Waals surface area contributed by atoms with Crippen LogP contribution in [0.1, 0.15) is 30.6 Å². The number of nitrogens with zero attached hydrogens (tertiary/aromatic N) is 1. The Balaban J connectivity index is 1.49. The van der Waals surface area contributed by atoms with Crippen molar-refractivity contribution in [3.05, 3.63) is 22.4 Å². The zero-order valence-corrected chi connectivity index (χ0v) is 12.5. The lowest BCUT2D eigenvalue weighted by molar-refractivity contribution is -0.129. The van der Waals surface area contributed by atoms with Gasteiger partial charge in [-0.2, -0.15) is 0 Å². The van der Waals surface area contributed by atoms with Crippen LogP contribution in [0, 0.1) is 0 Å². The van der Waals surface area contributed by atoms with Crippen molar-refractivity contribution in [3.8, 4) is 0 Å². The van der Waals surface area contributed by atoms with Crippen LogP contribution in [0.15, 0.2) is 17.5 Å². The van der Waals surface area contributed by atoms with Crippen LogP contribution < -0.4 is 5.32 Å². The van der Waals surface area contributed by atoms with E-state index in [1.165, 1.54) is 24.1 Å². The monoisotopic (exact) mass is 294 g/mol. The van der Waals surface area contributed by atoms with Gasteiger partial charge >= 0.3 is 0 Å². The highest BCUT2D eigenvalue weighted by Gasteiger charge is 2.34. The Morgan fingerprint density at radius 2 is 2.35 bits per heavy atom. The Labute approximate surface area is 124 Å². The van der Waals surface area contributed by atoms with Crippen molar-refractivity contribution in [1.82, 2.24) is 10.2 Å². The predicted molar refractivity (Wildman–Crippen MR) is 79.7 cm³/mol. The Morgan fingerprint density at radius 1 is 1.45 bits per heavy atom. The molecule has 20 heavy (non-hydrogen) atoms. The van der Waals surface area contributed by atoms with E-state index in [2.05, 4.69) is 16.3 Å². The number of rotatable bonds is 4. The molecular weight excluding hydrogens is 272 g/mol. The molecule has 3 rings (SSSR count). The third-order valence-corrected chi connectivity index (χ3v) is 5.11. The molecule has 1 aromatic heterocycles. The summed E-state index contributed by atoms with van der Waals surface area (Å²) < 4.78 is 5.84. The maximum absolute atomic E-state index is 12.1. The molecule has 1 saturated heterocycles. The van der Waals surface area contributed by atoms with Crippen LogP contribution in [0.4, 0.5) is 0 Å². The fourth-order valence-corrected chi connectivity index (χ4v) is 3.86. The molecule has 1 aliphatic heterocycles. The molecule has 4 nitrogen and oxygen atoms in total. The highest BCUT2D eigenvalue weighted by Crippen LogP contribution is 2.28. The van der Waals surface area contributed by atoms with Crippen molar-refractivity contribution in [2.75, 3.05) is 19.7 Å². The van der Waals surface area contributed by atoms with Crippen LogP contribution in [0.5, 0.6) is 0 Å². The maximum atomic E-state index is 12.1. The lowest BCUT2D eigenvalue weighted by Gasteiger charge is -2.43. The molecule has 1 aromatic rings. The zero-order chi connectivity index (χ0) is 13.8. The largest absolute Gasteiger partial charge is 0.375 e. The molecule has 2 heterocycles. The van der Waals surface area contributed by atoms with Gasteiger partial charge in [-0.1, -0.05) is 18.9 Å². The smallest absolute Gasteiger partial charge is 0.234 e. The topological polar surface area (TPSA) is 41.6 Å². The quantitative estimate of drug-likeness (QED) is 0.923. The first kappa shape index (κ1) is 14.0. The van der Waals surface area contributed by atoms with E-state index < -0.39 is 0 Å². The van der Waals surface area contributed by atoms with Gasteiger partial charge < -0.3 is 10.1 Å². The number of hydrogen-bond donors (Lipinski definition) is 1. The molecule has 0 bridgehead atoms. The minimum Gasteiger partial charge on any atom is -0.375 e. The first-order valence-corrected chi connectivity index (χ1v) is 8.35. The Morgan fingerprint density at radius 3 is 3.20 bits per heavy atom. The molecule has 5 heteroatoms. The summed E-state index contributed by atoms with van der Waals surface area (Å²) in [5, 5.41) is 5.05. The number of thiophene rings is 1. The Bertz CT molecular complexity index is 433. The van der Waals surface area contributed by atoms with Crippen molar-refractivity contribution >= 4 is 17.2 Å². The minimum absolute atomic E-state index is 0.129. The van der Waals surface area contributed by atoms with Crippen molar-refractivity contribution in [1.29, 1.82) is 0 Å². The first-order chi connectivity index (χ1) is 9.83. The van der Waals surface area contributed by atoms with Gasteiger partial charge in [0.25, 0.3) is 0 Å². The summed E-state index contributed by atoms with van der Waals surface area (Å²) in [6.45, 7) is 2.80. The van der Waals surface area contributed by atoms with E-state index in [1.54, 1.807) is 11.3 Å². The standard InChI is InChI=1S/C15H22N2O2S/c18-15(16-10-12-4-3-9-20-12)11-17-7-8-19-14-6-2-1-5-13(14)17/h3-4,9,13-14H,1-2,5-8,10-11H2,(H,16,18)/t13-,14-/m1/s1. The second-order valence-corrected chi connectivity index (χ2v) is 6.62. The number of ether oxygens (including phenoxy) is 1. The summed E-state index contributed by atoms with van der Waals surface area (Å²) >= 11 is 1.68. The molecule has 1 aliphatic carbocycles. The molecule has 110 valence electrons. The summed E-state index contributed by atoms with van der Waals surface area (Å²) in [6.07, 6.45) is 5.20. The van der Waals surface area contributed by atoms with E-state index in [9.17, 15) is 4.79 Å². The van der Waals surface area contributed by atoms with Crippen LogP contribution >= 0.6 is 11.3 Å². The molecular formula is C15H22N2O2S. The molecule has 0 unspecified atom stereocenters. The maximum Gasteiger partial charge on any atom is 0.234 e. The predicted octanol–water partition coefficient (Wildman–Crippen LogP) is 2.01. The van der Waals surface area contributed by atoms with E-state index in [4.69, 9.17) is 4.74 Å². The normalized spacial score (nSPS) is 27.0. The summed E-state index contributed by atoms with van der Waals surface area (Å²) in [5.74, 6) is 0.129. The van der Waals surface area contributed by atoms with Gasteiger partial charge in [0, 0.05) is 17.5 Å². The average molecular weight is 294 g/mol. The number of amides is 1. The van der Waals surface area contributed by atoms with Gasteiger partial charge in [-0.25, -0.2) is 0 Å². The number of fused-ring (bicyclic) bond motifs is 1. The van der Waals surface area contributed by atoms with Crippen LogP contribution in [-0.2, 0) is 16.1 Å². The van der Waals surface area contributed by atoms with Crippen LogP contribution in [0.3, 0.4) is 0 Å².